The summed E-state index contributed by atoms with van der Waals surface area (Å²) in [5, 5.41) is 0. The molecule has 3 aromatic carbocycles. The Kier molecular flexibility index (Phi) is 8.26. The maximum absolute atomic E-state index is 14.0. The standard InChI is InChI=1S/C32H30N2O5S/c1-4-37-24-17-15-23(16-18-24)29-27(31(36)39-6-3)28(22-12-8-7-9-13-22)33-32-34(29)30(35)26(40-32)20-21-11-10-14-25(19-21)38-5-2/h7-20,29H,4-6H2,1-3H3/b26-20-/t29-/m0/s1. The molecule has 0 amide bonds. The predicted octanol–water partition coefficient (Wildman–Crippen LogP) is 4.73. The summed E-state index contributed by atoms with van der Waals surface area (Å²) < 4.78 is 18.9. The Morgan fingerprint density at radius 1 is 0.900 bits per heavy atom. The van der Waals surface area contributed by atoms with Gasteiger partial charge in [0.25, 0.3) is 5.56 Å². The molecule has 1 aliphatic heterocycles. The molecule has 0 fully saturated rings. The van der Waals surface area contributed by atoms with Crippen LogP contribution in [0, 0.1) is 0 Å². The molecule has 40 heavy (non-hydrogen) atoms. The van der Waals surface area contributed by atoms with Crippen molar-refractivity contribution in [2.45, 2.75) is 26.8 Å². The van der Waals surface area contributed by atoms with Gasteiger partial charge >= 0.3 is 5.97 Å². The van der Waals surface area contributed by atoms with Gasteiger partial charge in [-0.15, -0.1) is 0 Å². The zero-order valence-electron chi connectivity index (χ0n) is 22.6. The van der Waals surface area contributed by atoms with Crippen LogP contribution in [0.4, 0.5) is 0 Å². The Hall–Kier alpha value is -4.43. The van der Waals surface area contributed by atoms with E-state index in [-0.39, 0.29) is 12.2 Å². The number of carbonyl (C=O) groups is 1. The molecule has 2 heterocycles. The van der Waals surface area contributed by atoms with Crippen molar-refractivity contribution in [1.29, 1.82) is 0 Å². The van der Waals surface area contributed by atoms with Crippen LogP contribution in [0.1, 0.15) is 43.5 Å². The highest BCUT2D eigenvalue weighted by atomic mass is 32.1. The molecule has 0 spiro atoms. The van der Waals surface area contributed by atoms with E-state index in [2.05, 4.69) is 0 Å². The fraction of sp³-hybridized carbons (Fsp3) is 0.219. The summed E-state index contributed by atoms with van der Waals surface area (Å²) in [5.74, 6) is 0.924. The van der Waals surface area contributed by atoms with Crippen LogP contribution in [-0.4, -0.2) is 30.4 Å². The summed E-state index contributed by atoms with van der Waals surface area (Å²) >= 11 is 1.29. The lowest BCUT2D eigenvalue weighted by atomic mass is 9.93. The highest BCUT2D eigenvalue weighted by Gasteiger charge is 2.35. The number of hydrogen-bond donors (Lipinski definition) is 0. The van der Waals surface area contributed by atoms with Gasteiger partial charge in [0.05, 0.1) is 41.7 Å². The SMILES string of the molecule is CCOC(=O)C1=C(c2ccccc2)N=c2s/c(=C\c3cccc(OCC)c3)c(=O)n2[C@H]1c1ccc(OCC)cc1. The van der Waals surface area contributed by atoms with Crippen LogP contribution < -0.4 is 24.4 Å². The van der Waals surface area contributed by atoms with Gasteiger partial charge in [0, 0.05) is 5.56 Å². The van der Waals surface area contributed by atoms with Crippen LogP contribution in [0.25, 0.3) is 11.8 Å². The third-order valence-electron chi connectivity index (χ3n) is 6.35. The number of nitrogens with zero attached hydrogens (tertiary/aromatic N) is 2. The third kappa shape index (κ3) is 5.49. The van der Waals surface area contributed by atoms with Crippen molar-refractivity contribution in [1.82, 2.24) is 4.57 Å². The molecule has 0 bridgehead atoms. The van der Waals surface area contributed by atoms with Crippen molar-refractivity contribution in [2.75, 3.05) is 19.8 Å². The second-order valence-electron chi connectivity index (χ2n) is 8.94. The molecule has 204 valence electrons. The predicted molar refractivity (Wildman–Crippen MR) is 156 cm³/mol. The summed E-state index contributed by atoms with van der Waals surface area (Å²) in [6, 6.07) is 23.8. The maximum Gasteiger partial charge on any atom is 0.338 e. The molecule has 0 saturated heterocycles. The van der Waals surface area contributed by atoms with Gasteiger partial charge < -0.3 is 14.2 Å². The van der Waals surface area contributed by atoms with Gasteiger partial charge in [-0.1, -0.05) is 65.9 Å². The van der Waals surface area contributed by atoms with Gasteiger partial charge in [-0.25, -0.2) is 9.79 Å². The summed E-state index contributed by atoms with van der Waals surface area (Å²) in [6.45, 7) is 6.89. The van der Waals surface area contributed by atoms with Gasteiger partial charge in [0.15, 0.2) is 4.80 Å². The Bertz CT molecular complexity index is 1720. The zero-order valence-corrected chi connectivity index (χ0v) is 23.4. The first kappa shape index (κ1) is 27.1. The Morgan fingerprint density at radius 2 is 1.62 bits per heavy atom. The van der Waals surface area contributed by atoms with Crippen LogP contribution in [0.3, 0.4) is 0 Å². The minimum absolute atomic E-state index is 0.195. The number of benzene rings is 3. The number of aromatic nitrogens is 1. The van der Waals surface area contributed by atoms with E-state index >= 15 is 0 Å². The van der Waals surface area contributed by atoms with Gasteiger partial charge in [-0.2, -0.15) is 0 Å². The van der Waals surface area contributed by atoms with Crippen molar-refractivity contribution in [2.24, 2.45) is 4.99 Å². The third-order valence-corrected chi connectivity index (χ3v) is 7.33. The number of thiazole rings is 1. The molecule has 7 nitrogen and oxygen atoms in total. The fourth-order valence-corrected chi connectivity index (χ4v) is 5.68. The van der Waals surface area contributed by atoms with Crippen molar-refractivity contribution in [3.8, 4) is 11.5 Å². The molecular weight excluding hydrogens is 524 g/mol. The number of hydrogen-bond acceptors (Lipinski definition) is 7. The van der Waals surface area contributed by atoms with Crippen molar-refractivity contribution >= 4 is 29.1 Å². The van der Waals surface area contributed by atoms with E-state index in [9.17, 15) is 9.59 Å². The fourth-order valence-electron chi connectivity index (χ4n) is 4.68. The first-order chi connectivity index (χ1) is 19.5. The minimum atomic E-state index is -0.738. The quantitative estimate of drug-likeness (QED) is 0.280. The van der Waals surface area contributed by atoms with Crippen LogP contribution in [0.2, 0.25) is 0 Å². The van der Waals surface area contributed by atoms with Crippen molar-refractivity contribution in [3.63, 3.8) is 0 Å². The Morgan fingerprint density at radius 3 is 2.33 bits per heavy atom. The topological polar surface area (TPSA) is 79.1 Å². The lowest BCUT2D eigenvalue weighted by Crippen LogP contribution is -2.40. The molecule has 0 saturated carbocycles. The van der Waals surface area contributed by atoms with Gasteiger partial charge in [0.1, 0.15) is 11.5 Å². The summed E-state index contributed by atoms with van der Waals surface area (Å²) in [4.78, 5) is 32.9. The van der Waals surface area contributed by atoms with Gasteiger partial charge in [-0.05, 0) is 62.2 Å². The first-order valence-corrected chi connectivity index (χ1v) is 14.1. The van der Waals surface area contributed by atoms with E-state index in [1.807, 2.05) is 98.8 Å². The van der Waals surface area contributed by atoms with Crippen molar-refractivity contribution in [3.05, 3.63) is 121 Å². The molecule has 1 atom stereocenters. The second kappa shape index (κ2) is 12.2. The number of ether oxygens (including phenoxy) is 3. The Labute approximate surface area is 236 Å². The van der Waals surface area contributed by atoms with Crippen LogP contribution in [0.5, 0.6) is 11.5 Å². The van der Waals surface area contributed by atoms with Crippen LogP contribution in [-0.2, 0) is 9.53 Å². The largest absolute Gasteiger partial charge is 0.494 e. The molecule has 0 aliphatic carbocycles. The maximum atomic E-state index is 14.0. The molecule has 1 aromatic heterocycles. The average molecular weight is 555 g/mol. The highest BCUT2D eigenvalue weighted by molar-refractivity contribution is 7.07. The van der Waals surface area contributed by atoms with Crippen LogP contribution >= 0.6 is 11.3 Å². The van der Waals surface area contributed by atoms with E-state index in [1.165, 1.54) is 11.3 Å². The van der Waals surface area contributed by atoms with E-state index < -0.39 is 12.0 Å². The molecular formula is C32H30N2O5S. The van der Waals surface area contributed by atoms with Crippen molar-refractivity contribution < 1.29 is 19.0 Å². The monoisotopic (exact) mass is 554 g/mol. The molecule has 1 aliphatic rings. The lowest BCUT2D eigenvalue weighted by molar-refractivity contribution is -0.138. The molecule has 0 radical (unpaired) electrons. The Balaban J connectivity index is 1.77. The minimum Gasteiger partial charge on any atom is -0.494 e. The number of esters is 1. The molecule has 0 N–H and O–H groups in total. The molecule has 0 unspecified atom stereocenters. The average Bonchev–Trinajstić information content (AvgIpc) is 3.28. The summed E-state index contributed by atoms with van der Waals surface area (Å²) in [6.07, 6.45) is 1.83. The number of rotatable bonds is 9. The smallest absolute Gasteiger partial charge is 0.338 e. The van der Waals surface area contributed by atoms with Crippen LogP contribution in [0.15, 0.2) is 94.2 Å². The van der Waals surface area contributed by atoms with E-state index in [1.54, 1.807) is 11.5 Å². The first-order valence-electron chi connectivity index (χ1n) is 13.3. The van der Waals surface area contributed by atoms with Gasteiger partial charge in [0.2, 0.25) is 0 Å². The number of carbonyl (C=O) groups excluding carboxylic acids is 1. The lowest BCUT2D eigenvalue weighted by Gasteiger charge is -2.26. The highest BCUT2D eigenvalue weighted by Crippen LogP contribution is 2.35. The summed E-state index contributed by atoms with van der Waals surface area (Å²) in [5.41, 5.74) is 2.92. The summed E-state index contributed by atoms with van der Waals surface area (Å²) in [7, 11) is 0. The van der Waals surface area contributed by atoms with Gasteiger partial charge in [-0.3, -0.25) is 9.36 Å². The number of fused-ring (bicyclic) bond motifs is 1. The van der Waals surface area contributed by atoms with E-state index in [0.717, 1.165) is 22.4 Å². The molecule has 4 aromatic rings. The second-order valence-corrected chi connectivity index (χ2v) is 9.95. The normalized spacial score (nSPS) is 14.9. The molecule has 8 heteroatoms. The van der Waals surface area contributed by atoms with E-state index in [4.69, 9.17) is 19.2 Å². The molecule has 5 rings (SSSR count). The zero-order chi connectivity index (χ0) is 28.1. The van der Waals surface area contributed by atoms with E-state index in [0.29, 0.717) is 39.6 Å².